The molecule has 2 aliphatic rings. The van der Waals surface area contributed by atoms with E-state index >= 15 is 0 Å². The van der Waals surface area contributed by atoms with Crippen molar-refractivity contribution >= 4 is 62.3 Å². The van der Waals surface area contributed by atoms with E-state index in [0.29, 0.717) is 35.2 Å². The molecule has 47 heavy (non-hydrogen) atoms. The van der Waals surface area contributed by atoms with E-state index < -0.39 is 0 Å². The predicted molar refractivity (Wildman–Crippen MR) is 193 cm³/mol. The first kappa shape index (κ1) is 30.4. The number of nitrogens with one attached hydrogen (secondary N) is 2. The van der Waals surface area contributed by atoms with Gasteiger partial charge in [0, 0.05) is 16.4 Å². The molecule has 0 radical (unpaired) electrons. The monoisotopic (exact) mass is 688 g/mol. The van der Waals surface area contributed by atoms with Crippen LogP contribution in [-0.4, -0.2) is 53.2 Å². The molecule has 5 heterocycles. The van der Waals surface area contributed by atoms with Crippen LogP contribution in [0, 0.1) is 0 Å². The van der Waals surface area contributed by atoms with Crippen LogP contribution in [0.15, 0.2) is 72.8 Å². The van der Waals surface area contributed by atoms with E-state index in [1.54, 1.807) is 21.3 Å². The summed E-state index contributed by atoms with van der Waals surface area (Å²) in [7, 11) is 4.95. The zero-order chi connectivity index (χ0) is 32.3. The molecule has 0 aliphatic carbocycles. The highest BCUT2D eigenvalue weighted by atomic mass is 79.9. The lowest BCUT2D eigenvalue weighted by Crippen LogP contribution is -1.97. The quantitative estimate of drug-likeness (QED) is 0.116. The van der Waals surface area contributed by atoms with Gasteiger partial charge in [0.05, 0.1) is 50.2 Å². The van der Waals surface area contributed by atoms with Gasteiger partial charge in [0.1, 0.15) is 22.8 Å². The largest absolute Gasteiger partial charge is 0.494 e. The second-order valence-corrected chi connectivity index (χ2v) is 11.8. The van der Waals surface area contributed by atoms with E-state index in [4.69, 9.17) is 28.9 Å². The van der Waals surface area contributed by atoms with Crippen LogP contribution in [-0.2, 0) is 0 Å². The number of fused-ring (bicyclic) bond motifs is 8. The summed E-state index contributed by atoms with van der Waals surface area (Å²) in [5.74, 6) is 2.71. The average molecular weight is 690 g/mol. The SMILES string of the molecule is COc1c2nc(cc3cc(-c4cccc(-c5ccc(OCCCBr)cc5)c4)c([nH]3)c(OC)c3nc(c(OC)c4ccc1[nH]4)C=C3)C=C2. The molecule has 5 aromatic rings. The third kappa shape index (κ3) is 6.02. The molecular formula is C38H33BrN4O4. The molecule has 9 heteroatoms. The predicted octanol–water partition coefficient (Wildman–Crippen LogP) is 9.18. The van der Waals surface area contributed by atoms with Gasteiger partial charge in [0.15, 0.2) is 17.2 Å². The van der Waals surface area contributed by atoms with Crippen LogP contribution < -0.4 is 18.9 Å². The number of hydrogen-bond donors (Lipinski definition) is 2. The Morgan fingerprint density at radius 1 is 0.638 bits per heavy atom. The highest BCUT2D eigenvalue weighted by Crippen LogP contribution is 2.38. The van der Waals surface area contributed by atoms with Crippen LogP contribution in [0.5, 0.6) is 23.0 Å². The Hall–Kier alpha value is -5.28. The second kappa shape index (κ2) is 13.2. The number of methoxy groups -OCH3 is 3. The topological polar surface area (TPSA) is 94.3 Å². The fourth-order valence-electron chi connectivity index (χ4n) is 5.87. The minimum atomic E-state index is 0.602. The molecule has 8 nitrogen and oxygen atoms in total. The highest BCUT2D eigenvalue weighted by molar-refractivity contribution is 9.09. The van der Waals surface area contributed by atoms with Gasteiger partial charge in [-0.05, 0) is 89.9 Å². The van der Waals surface area contributed by atoms with Crippen LogP contribution in [0.25, 0.3) is 68.6 Å². The molecule has 236 valence electrons. The minimum absolute atomic E-state index is 0.602. The highest BCUT2D eigenvalue weighted by Gasteiger charge is 2.17. The molecule has 8 bridgehead atoms. The lowest BCUT2D eigenvalue weighted by molar-refractivity contribution is 0.319. The van der Waals surface area contributed by atoms with Crippen molar-refractivity contribution in [1.29, 1.82) is 0 Å². The Bertz CT molecular complexity index is 2180. The lowest BCUT2D eigenvalue weighted by Gasteiger charge is -2.09. The molecule has 0 saturated carbocycles. The van der Waals surface area contributed by atoms with Crippen molar-refractivity contribution in [1.82, 2.24) is 19.9 Å². The van der Waals surface area contributed by atoms with Gasteiger partial charge in [-0.25, -0.2) is 9.97 Å². The van der Waals surface area contributed by atoms with Gasteiger partial charge in [0.25, 0.3) is 0 Å². The number of benzene rings is 2. The number of rotatable bonds is 9. The van der Waals surface area contributed by atoms with Crippen LogP contribution in [0.4, 0.5) is 0 Å². The first-order valence-electron chi connectivity index (χ1n) is 15.3. The fourth-order valence-corrected chi connectivity index (χ4v) is 6.10. The maximum atomic E-state index is 6.07. The smallest absolute Gasteiger partial charge is 0.168 e. The summed E-state index contributed by atoms with van der Waals surface area (Å²) in [6.45, 7) is 0.679. The van der Waals surface area contributed by atoms with Gasteiger partial charge in [-0.3, -0.25) is 0 Å². The average Bonchev–Trinajstić information content (AvgIpc) is 3.92. The summed E-state index contributed by atoms with van der Waals surface area (Å²) in [6, 6.07) is 24.7. The molecule has 7 rings (SSSR count). The Kier molecular flexibility index (Phi) is 8.54. The first-order valence-corrected chi connectivity index (χ1v) is 16.4. The van der Waals surface area contributed by atoms with E-state index in [9.17, 15) is 0 Å². The maximum absolute atomic E-state index is 6.07. The Morgan fingerprint density at radius 3 is 2.00 bits per heavy atom. The molecule has 0 atom stereocenters. The van der Waals surface area contributed by atoms with Gasteiger partial charge >= 0.3 is 0 Å². The number of aromatic nitrogens is 4. The van der Waals surface area contributed by atoms with E-state index in [1.165, 1.54) is 0 Å². The molecule has 2 aliphatic heterocycles. The second-order valence-electron chi connectivity index (χ2n) is 11.0. The normalized spacial score (nSPS) is 11.9. The lowest BCUT2D eigenvalue weighted by atomic mass is 9.99. The zero-order valence-electron chi connectivity index (χ0n) is 26.3. The Labute approximate surface area is 280 Å². The van der Waals surface area contributed by atoms with Crippen molar-refractivity contribution in [2.75, 3.05) is 33.3 Å². The number of H-pyrrole nitrogens is 2. The standard InChI is InChI=1S/C38H33BrN4O4/c1-44-36-30-13-10-26(40-30)21-27-22-29(25-7-4-6-24(20-25)23-8-11-28(12-9-23)47-19-5-18-39)35(41-27)38(46-3)34-17-16-33(43-34)37(45-2)32-15-14-31(36)42-32/h4,6-17,20-22,41-42H,5,18-19H2,1-3H3. The molecule has 0 spiro atoms. The van der Waals surface area contributed by atoms with Crippen LogP contribution in [0.3, 0.4) is 0 Å². The number of aromatic amines is 2. The van der Waals surface area contributed by atoms with E-state index in [2.05, 4.69) is 68.4 Å². The summed E-state index contributed by atoms with van der Waals surface area (Å²) < 4.78 is 23.6. The summed E-state index contributed by atoms with van der Waals surface area (Å²) >= 11 is 3.45. The molecule has 0 amide bonds. The van der Waals surface area contributed by atoms with Crippen molar-refractivity contribution in [2.45, 2.75) is 6.42 Å². The summed E-state index contributed by atoms with van der Waals surface area (Å²) in [6.07, 6.45) is 8.76. The first-order chi connectivity index (χ1) is 23.1. The van der Waals surface area contributed by atoms with Gasteiger partial charge in [-0.15, -0.1) is 0 Å². The number of ether oxygens (including phenoxy) is 4. The van der Waals surface area contributed by atoms with Crippen LogP contribution >= 0.6 is 15.9 Å². The summed E-state index contributed by atoms with van der Waals surface area (Å²) in [5, 5.41) is 0.919. The van der Waals surface area contributed by atoms with E-state index in [0.717, 1.165) is 73.2 Å². The van der Waals surface area contributed by atoms with Gasteiger partial charge in [-0.1, -0.05) is 46.3 Å². The molecule has 0 unspecified atom stereocenters. The summed E-state index contributed by atoms with van der Waals surface area (Å²) in [5.41, 5.74) is 10.3. The third-order valence-electron chi connectivity index (χ3n) is 8.06. The number of hydrogen-bond acceptors (Lipinski definition) is 6. The van der Waals surface area contributed by atoms with E-state index in [1.807, 2.05) is 54.6 Å². The van der Waals surface area contributed by atoms with E-state index in [-0.39, 0.29) is 0 Å². The molecule has 0 fully saturated rings. The number of alkyl halides is 1. The van der Waals surface area contributed by atoms with Crippen molar-refractivity contribution in [3.05, 3.63) is 95.6 Å². The van der Waals surface area contributed by atoms with Crippen molar-refractivity contribution < 1.29 is 18.9 Å². The van der Waals surface area contributed by atoms with Crippen molar-refractivity contribution in [3.63, 3.8) is 0 Å². The Morgan fingerprint density at radius 2 is 1.30 bits per heavy atom. The Balaban J connectivity index is 1.44. The molecule has 0 saturated heterocycles. The fraction of sp³-hybridized carbons (Fsp3) is 0.158. The summed E-state index contributed by atoms with van der Waals surface area (Å²) in [4.78, 5) is 16.9. The van der Waals surface area contributed by atoms with Crippen molar-refractivity contribution in [2.24, 2.45) is 0 Å². The maximum Gasteiger partial charge on any atom is 0.168 e. The number of halogens is 1. The van der Waals surface area contributed by atoms with Crippen LogP contribution in [0.1, 0.15) is 29.2 Å². The molecular weight excluding hydrogens is 656 g/mol. The van der Waals surface area contributed by atoms with Crippen LogP contribution in [0.2, 0.25) is 0 Å². The molecule has 3 aromatic heterocycles. The molecule has 2 N–H and O–H groups in total. The van der Waals surface area contributed by atoms with Gasteiger partial charge in [-0.2, -0.15) is 0 Å². The zero-order valence-corrected chi connectivity index (χ0v) is 27.9. The molecule has 2 aromatic carbocycles. The minimum Gasteiger partial charge on any atom is -0.494 e. The third-order valence-corrected chi connectivity index (χ3v) is 8.62. The van der Waals surface area contributed by atoms with Gasteiger partial charge in [0.2, 0.25) is 0 Å². The van der Waals surface area contributed by atoms with Crippen molar-refractivity contribution in [3.8, 4) is 45.3 Å². The van der Waals surface area contributed by atoms with Gasteiger partial charge < -0.3 is 28.9 Å². The number of nitrogens with zero attached hydrogens (tertiary/aromatic N) is 2.